The number of nitrogens with two attached hydrogens (primary N) is 1. The Morgan fingerprint density at radius 1 is 1.23 bits per heavy atom. The van der Waals surface area contributed by atoms with Gasteiger partial charge in [0.05, 0.1) is 10.6 Å². The lowest BCUT2D eigenvalue weighted by molar-refractivity contribution is -0.129. The molecule has 0 fully saturated rings. The molecule has 2 aromatic carbocycles. The number of primary sulfonamides is 1. The van der Waals surface area contributed by atoms with Crippen molar-refractivity contribution >= 4 is 44.4 Å². The molecule has 0 aliphatic rings. The number of H-pyrrole nitrogens is 1. The summed E-state index contributed by atoms with van der Waals surface area (Å²) in [5.41, 5.74) is 2.00. The Bertz CT molecular complexity index is 1210. The van der Waals surface area contributed by atoms with Crippen molar-refractivity contribution < 1.29 is 22.7 Å². The van der Waals surface area contributed by atoms with Gasteiger partial charge in [0, 0.05) is 23.6 Å². The van der Waals surface area contributed by atoms with E-state index in [9.17, 15) is 18.0 Å². The van der Waals surface area contributed by atoms with Crippen LogP contribution in [-0.2, 0) is 26.0 Å². The summed E-state index contributed by atoms with van der Waals surface area (Å²) < 4.78 is 28.2. The van der Waals surface area contributed by atoms with Crippen LogP contribution in [0.1, 0.15) is 22.8 Å². The van der Waals surface area contributed by atoms with E-state index in [0.717, 1.165) is 22.5 Å². The Morgan fingerprint density at radius 3 is 2.70 bits per heavy atom. The second-order valence-electron chi connectivity index (χ2n) is 6.64. The summed E-state index contributed by atoms with van der Waals surface area (Å²) in [7, 11) is -4.11. The van der Waals surface area contributed by atoms with Crippen molar-refractivity contribution in [2.24, 2.45) is 5.14 Å². The highest BCUT2D eigenvalue weighted by Crippen LogP contribution is 2.22. The number of rotatable bonds is 7. The fourth-order valence-electron chi connectivity index (χ4n) is 2.93. The molecule has 30 heavy (non-hydrogen) atoms. The van der Waals surface area contributed by atoms with Crippen LogP contribution in [0.15, 0.2) is 53.6 Å². The number of benzene rings is 2. The Morgan fingerprint density at radius 2 is 1.97 bits per heavy atom. The predicted octanol–water partition coefficient (Wildman–Crippen LogP) is 2.37. The molecule has 0 aliphatic heterocycles. The molecule has 3 aromatic rings. The lowest BCUT2D eigenvalue weighted by atomic mass is 10.1. The molecule has 1 aromatic heterocycles. The van der Waals surface area contributed by atoms with E-state index in [2.05, 4.69) is 10.3 Å². The number of ether oxygens (including phenoxy) is 1. The molecule has 158 valence electrons. The van der Waals surface area contributed by atoms with Gasteiger partial charge < -0.3 is 15.0 Å². The van der Waals surface area contributed by atoms with Crippen molar-refractivity contribution in [2.45, 2.75) is 24.3 Å². The number of fused-ring (bicyclic) bond motifs is 1. The molecule has 0 saturated heterocycles. The quantitative estimate of drug-likeness (QED) is 0.476. The Balaban J connectivity index is 1.57. The fraction of sp³-hybridized carbons (Fsp3) is 0.200. The smallest absolute Gasteiger partial charge is 0.338 e. The van der Waals surface area contributed by atoms with Crippen LogP contribution >= 0.6 is 11.6 Å². The minimum absolute atomic E-state index is 0.0816. The summed E-state index contributed by atoms with van der Waals surface area (Å²) in [4.78, 5) is 27.3. The molecule has 8 nitrogen and oxygen atoms in total. The number of hydrogen-bond acceptors (Lipinski definition) is 5. The highest BCUT2D eigenvalue weighted by molar-refractivity contribution is 7.89. The average molecular weight is 450 g/mol. The maximum Gasteiger partial charge on any atom is 0.338 e. The van der Waals surface area contributed by atoms with Crippen LogP contribution in [-0.4, -0.2) is 37.9 Å². The van der Waals surface area contributed by atoms with Crippen LogP contribution < -0.4 is 10.5 Å². The van der Waals surface area contributed by atoms with Gasteiger partial charge in [0.25, 0.3) is 5.91 Å². The summed E-state index contributed by atoms with van der Waals surface area (Å²) in [5.74, 6) is -1.33. The number of esters is 1. The number of hydrogen-bond donors (Lipinski definition) is 3. The van der Waals surface area contributed by atoms with Crippen molar-refractivity contribution in [1.82, 2.24) is 10.3 Å². The second kappa shape index (κ2) is 8.86. The van der Waals surface area contributed by atoms with Gasteiger partial charge in [-0.15, -0.1) is 0 Å². The van der Waals surface area contributed by atoms with Crippen molar-refractivity contribution in [3.8, 4) is 0 Å². The summed E-state index contributed by atoms with van der Waals surface area (Å²) in [5, 5.41) is 8.76. The van der Waals surface area contributed by atoms with Gasteiger partial charge in [0.2, 0.25) is 10.0 Å². The van der Waals surface area contributed by atoms with Crippen LogP contribution in [0.5, 0.6) is 0 Å². The molecule has 0 bridgehead atoms. The number of aromatic amines is 1. The molecule has 3 rings (SSSR count). The van der Waals surface area contributed by atoms with E-state index in [-0.39, 0.29) is 10.6 Å². The van der Waals surface area contributed by atoms with Crippen LogP contribution in [0.4, 0.5) is 0 Å². The van der Waals surface area contributed by atoms with E-state index in [1.807, 2.05) is 30.5 Å². The maximum atomic E-state index is 12.3. The molecule has 0 spiro atoms. The fourth-order valence-corrected chi connectivity index (χ4v) is 4.00. The van der Waals surface area contributed by atoms with Gasteiger partial charge in [-0.2, -0.15) is 0 Å². The first-order valence-corrected chi connectivity index (χ1v) is 11.0. The number of aromatic nitrogens is 1. The van der Waals surface area contributed by atoms with E-state index in [1.165, 1.54) is 19.1 Å². The topological polar surface area (TPSA) is 131 Å². The minimum atomic E-state index is -4.11. The molecule has 1 unspecified atom stereocenters. The zero-order valence-electron chi connectivity index (χ0n) is 16.0. The number of amides is 1. The third kappa shape index (κ3) is 4.99. The van der Waals surface area contributed by atoms with Gasteiger partial charge in [0.15, 0.2) is 6.10 Å². The van der Waals surface area contributed by atoms with Crippen molar-refractivity contribution in [2.75, 3.05) is 6.54 Å². The Hall–Kier alpha value is -2.88. The summed E-state index contributed by atoms with van der Waals surface area (Å²) in [6.07, 6.45) is 1.42. The Kier molecular flexibility index (Phi) is 6.45. The normalized spacial score (nSPS) is 12.5. The van der Waals surface area contributed by atoms with Crippen LogP contribution in [0.2, 0.25) is 5.02 Å². The molecule has 0 radical (unpaired) electrons. The van der Waals surface area contributed by atoms with Gasteiger partial charge in [-0.05, 0) is 43.2 Å². The monoisotopic (exact) mass is 449 g/mol. The second-order valence-corrected chi connectivity index (χ2v) is 8.58. The van der Waals surface area contributed by atoms with E-state index in [1.54, 1.807) is 0 Å². The first-order chi connectivity index (χ1) is 14.2. The lowest BCUT2D eigenvalue weighted by Crippen LogP contribution is -2.36. The highest BCUT2D eigenvalue weighted by Gasteiger charge is 2.21. The maximum absolute atomic E-state index is 12.3. The zero-order valence-corrected chi connectivity index (χ0v) is 17.6. The molecule has 1 amide bonds. The van der Waals surface area contributed by atoms with E-state index in [4.69, 9.17) is 21.5 Å². The van der Waals surface area contributed by atoms with Crippen molar-refractivity contribution in [3.63, 3.8) is 0 Å². The van der Waals surface area contributed by atoms with Gasteiger partial charge in [-0.1, -0.05) is 29.8 Å². The number of carbonyl (C=O) groups is 2. The van der Waals surface area contributed by atoms with Crippen molar-refractivity contribution in [3.05, 3.63) is 64.8 Å². The first-order valence-electron chi connectivity index (χ1n) is 9.03. The molecule has 0 saturated carbocycles. The van der Waals surface area contributed by atoms with Crippen LogP contribution in [0.25, 0.3) is 10.9 Å². The average Bonchev–Trinajstić information content (AvgIpc) is 3.10. The molecular weight excluding hydrogens is 430 g/mol. The number of carbonyl (C=O) groups excluding carboxylic acids is 2. The highest BCUT2D eigenvalue weighted by atomic mass is 35.5. The number of nitrogens with one attached hydrogen (secondary N) is 2. The van der Waals surface area contributed by atoms with Crippen LogP contribution in [0.3, 0.4) is 0 Å². The Labute approximate surface area is 178 Å². The molecule has 1 heterocycles. The number of halogens is 1. The van der Waals surface area contributed by atoms with E-state index in [0.29, 0.717) is 13.0 Å². The van der Waals surface area contributed by atoms with Gasteiger partial charge >= 0.3 is 5.97 Å². The van der Waals surface area contributed by atoms with Crippen molar-refractivity contribution in [1.29, 1.82) is 0 Å². The van der Waals surface area contributed by atoms with Crippen LogP contribution in [0, 0.1) is 0 Å². The van der Waals surface area contributed by atoms with Gasteiger partial charge in [-0.3, -0.25) is 4.79 Å². The summed E-state index contributed by atoms with van der Waals surface area (Å²) >= 11 is 5.80. The molecule has 0 aliphatic carbocycles. The van der Waals surface area contributed by atoms with E-state index >= 15 is 0 Å². The number of sulfonamides is 1. The molecule has 4 N–H and O–H groups in total. The minimum Gasteiger partial charge on any atom is -0.449 e. The summed E-state index contributed by atoms with van der Waals surface area (Å²) in [6.45, 7) is 1.79. The standard InChI is InChI=1S/C20H20ClN3O5S/c1-12(29-20(26)13-6-7-16(21)18(10-13)30(22,27)28)19(25)23-9-8-14-11-24-17-5-3-2-4-15(14)17/h2-7,10-12,24H,8-9H2,1H3,(H,23,25)(H2,22,27,28). The molecule has 10 heteroatoms. The third-order valence-electron chi connectivity index (χ3n) is 4.49. The zero-order chi connectivity index (χ0) is 21.9. The van der Waals surface area contributed by atoms with E-state index < -0.39 is 32.9 Å². The lowest BCUT2D eigenvalue weighted by Gasteiger charge is -2.14. The SMILES string of the molecule is CC(OC(=O)c1ccc(Cl)c(S(N)(=O)=O)c1)C(=O)NCCc1c[nH]c2ccccc12. The van der Waals surface area contributed by atoms with Gasteiger partial charge in [0.1, 0.15) is 4.90 Å². The first kappa shape index (κ1) is 21.8. The largest absolute Gasteiger partial charge is 0.449 e. The van der Waals surface area contributed by atoms with Gasteiger partial charge in [-0.25, -0.2) is 18.4 Å². The summed E-state index contributed by atoms with van der Waals surface area (Å²) in [6, 6.07) is 11.4. The molecule has 1 atom stereocenters. The molecular formula is C20H20ClN3O5S. The number of para-hydroxylation sites is 1. The third-order valence-corrected chi connectivity index (χ3v) is 5.89. The predicted molar refractivity (Wildman–Crippen MR) is 113 cm³/mol.